The zero-order chi connectivity index (χ0) is 15.4. The number of methoxy groups -OCH3 is 1. The van der Waals surface area contributed by atoms with Crippen molar-refractivity contribution in [3.05, 3.63) is 0 Å². The molecule has 3 heteroatoms. The molecule has 3 nitrogen and oxygen atoms in total. The van der Waals surface area contributed by atoms with Gasteiger partial charge in [-0.15, -0.1) is 0 Å². The molecule has 20 heavy (non-hydrogen) atoms. The SMILES string of the molecule is CCC1C[C@@H](C(C)C)N(C(=O)C(C(C)C)C(C)OC)C1. The first-order valence-electron chi connectivity index (χ1n) is 8.16. The fourth-order valence-electron chi connectivity index (χ4n) is 3.50. The molecule has 3 unspecified atom stereocenters. The lowest BCUT2D eigenvalue weighted by molar-refractivity contribution is -0.143. The Kier molecular flexibility index (Phi) is 6.50. The van der Waals surface area contributed by atoms with Crippen LogP contribution in [0.5, 0.6) is 0 Å². The van der Waals surface area contributed by atoms with Crippen molar-refractivity contribution in [1.29, 1.82) is 0 Å². The smallest absolute Gasteiger partial charge is 0.228 e. The van der Waals surface area contributed by atoms with Gasteiger partial charge in [-0.05, 0) is 31.1 Å². The van der Waals surface area contributed by atoms with Gasteiger partial charge in [0.15, 0.2) is 0 Å². The molecule has 1 heterocycles. The van der Waals surface area contributed by atoms with Gasteiger partial charge in [0.1, 0.15) is 0 Å². The van der Waals surface area contributed by atoms with Crippen LogP contribution < -0.4 is 0 Å². The van der Waals surface area contributed by atoms with E-state index in [4.69, 9.17) is 4.74 Å². The van der Waals surface area contributed by atoms with Gasteiger partial charge in [0.2, 0.25) is 5.91 Å². The molecule has 0 aromatic heterocycles. The average Bonchev–Trinajstić information content (AvgIpc) is 2.82. The Morgan fingerprint density at radius 2 is 1.85 bits per heavy atom. The average molecular weight is 283 g/mol. The Balaban J connectivity index is 2.91. The van der Waals surface area contributed by atoms with E-state index in [9.17, 15) is 4.79 Å². The lowest BCUT2D eigenvalue weighted by atomic mass is 9.88. The molecule has 0 aromatic carbocycles. The zero-order valence-electron chi connectivity index (χ0n) is 14.3. The molecule has 4 atom stereocenters. The summed E-state index contributed by atoms with van der Waals surface area (Å²) in [5.41, 5.74) is 0. The summed E-state index contributed by atoms with van der Waals surface area (Å²) in [5.74, 6) is 1.77. The molecule has 0 spiro atoms. The summed E-state index contributed by atoms with van der Waals surface area (Å²) in [4.78, 5) is 15.2. The van der Waals surface area contributed by atoms with Gasteiger partial charge in [0, 0.05) is 19.7 Å². The van der Waals surface area contributed by atoms with Crippen LogP contribution >= 0.6 is 0 Å². The molecule has 0 bridgehead atoms. The Labute approximate surface area is 125 Å². The predicted octanol–water partition coefficient (Wildman–Crippen LogP) is 3.58. The maximum atomic E-state index is 13.0. The molecular formula is C17H33NO2. The van der Waals surface area contributed by atoms with Crippen molar-refractivity contribution in [3.63, 3.8) is 0 Å². The largest absolute Gasteiger partial charge is 0.381 e. The summed E-state index contributed by atoms with van der Waals surface area (Å²) in [6.07, 6.45) is 2.31. The van der Waals surface area contributed by atoms with Crippen LogP contribution in [-0.4, -0.2) is 36.6 Å². The van der Waals surface area contributed by atoms with E-state index in [0.29, 0.717) is 29.7 Å². The van der Waals surface area contributed by atoms with Crippen LogP contribution in [0.25, 0.3) is 0 Å². The molecule has 1 aliphatic rings. The molecule has 1 saturated heterocycles. The van der Waals surface area contributed by atoms with E-state index in [-0.39, 0.29) is 12.0 Å². The minimum Gasteiger partial charge on any atom is -0.381 e. The van der Waals surface area contributed by atoms with Crippen molar-refractivity contribution in [1.82, 2.24) is 4.90 Å². The van der Waals surface area contributed by atoms with E-state index < -0.39 is 0 Å². The van der Waals surface area contributed by atoms with Crippen LogP contribution in [0.15, 0.2) is 0 Å². The van der Waals surface area contributed by atoms with Gasteiger partial charge in [-0.25, -0.2) is 0 Å². The number of carbonyl (C=O) groups excluding carboxylic acids is 1. The molecular weight excluding hydrogens is 250 g/mol. The van der Waals surface area contributed by atoms with Crippen LogP contribution in [-0.2, 0) is 9.53 Å². The van der Waals surface area contributed by atoms with Crippen molar-refractivity contribution in [3.8, 4) is 0 Å². The number of ether oxygens (including phenoxy) is 1. The van der Waals surface area contributed by atoms with E-state index >= 15 is 0 Å². The third-order valence-corrected chi connectivity index (χ3v) is 4.94. The Bertz CT molecular complexity index is 314. The first-order chi connectivity index (χ1) is 9.33. The van der Waals surface area contributed by atoms with Crippen molar-refractivity contribution in [2.45, 2.75) is 66.5 Å². The molecule has 0 aliphatic carbocycles. The fourth-order valence-corrected chi connectivity index (χ4v) is 3.50. The van der Waals surface area contributed by atoms with Gasteiger partial charge in [0.05, 0.1) is 12.0 Å². The molecule has 1 rings (SSSR count). The molecule has 1 aliphatic heterocycles. The second-order valence-corrected chi connectivity index (χ2v) is 7.02. The van der Waals surface area contributed by atoms with Crippen LogP contribution in [0.1, 0.15) is 54.4 Å². The van der Waals surface area contributed by atoms with Gasteiger partial charge >= 0.3 is 0 Å². The Hall–Kier alpha value is -0.570. The highest BCUT2D eigenvalue weighted by Gasteiger charge is 2.40. The topological polar surface area (TPSA) is 29.5 Å². The molecule has 1 amide bonds. The number of nitrogens with zero attached hydrogens (tertiary/aromatic N) is 1. The Morgan fingerprint density at radius 1 is 1.25 bits per heavy atom. The van der Waals surface area contributed by atoms with E-state index in [1.54, 1.807) is 7.11 Å². The van der Waals surface area contributed by atoms with Gasteiger partial charge in [-0.2, -0.15) is 0 Å². The van der Waals surface area contributed by atoms with E-state index in [2.05, 4.69) is 39.5 Å². The predicted molar refractivity (Wildman–Crippen MR) is 83.5 cm³/mol. The Morgan fingerprint density at radius 3 is 2.25 bits per heavy atom. The van der Waals surface area contributed by atoms with Crippen LogP contribution in [0.3, 0.4) is 0 Å². The molecule has 0 N–H and O–H groups in total. The second kappa shape index (κ2) is 7.44. The van der Waals surface area contributed by atoms with Crippen LogP contribution in [0, 0.1) is 23.7 Å². The maximum absolute atomic E-state index is 13.0. The summed E-state index contributed by atoms with van der Waals surface area (Å²) in [6, 6.07) is 0.401. The lowest BCUT2D eigenvalue weighted by Gasteiger charge is -2.34. The van der Waals surface area contributed by atoms with Crippen molar-refractivity contribution >= 4 is 5.91 Å². The molecule has 0 saturated carbocycles. The summed E-state index contributed by atoms with van der Waals surface area (Å²) in [6.45, 7) is 13.9. The molecule has 118 valence electrons. The van der Waals surface area contributed by atoms with E-state index in [0.717, 1.165) is 13.0 Å². The number of hydrogen-bond acceptors (Lipinski definition) is 2. The highest BCUT2D eigenvalue weighted by atomic mass is 16.5. The molecule has 1 fully saturated rings. The molecule has 0 aromatic rings. The van der Waals surface area contributed by atoms with E-state index in [1.807, 2.05) is 6.92 Å². The van der Waals surface area contributed by atoms with Crippen molar-refractivity contribution in [2.75, 3.05) is 13.7 Å². The van der Waals surface area contributed by atoms with Gasteiger partial charge < -0.3 is 9.64 Å². The zero-order valence-corrected chi connectivity index (χ0v) is 14.3. The summed E-state index contributed by atoms with van der Waals surface area (Å²) >= 11 is 0. The second-order valence-electron chi connectivity index (χ2n) is 7.02. The highest BCUT2D eigenvalue weighted by molar-refractivity contribution is 5.80. The normalized spacial score (nSPS) is 26.4. The fraction of sp³-hybridized carbons (Fsp3) is 0.941. The van der Waals surface area contributed by atoms with Gasteiger partial charge in [0.25, 0.3) is 0 Å². The number of amides is 1. The summed E-state index contributed by atoms with van der Waals surface area (Å²) < 4.78 is 5.46. The van der Waals surface area contributed by atoms with Gasteiger partial charge in [-0.1, -0.05) is 41.0 Å². The maximum Gasteiger partial charge on any atom is 0.228 e. The minimum atomic E-state index is -0.0307. The van der Waals surface area contributed by atoms with Crippen molar-refractivity contribution < 1.29 is 9.53 Å². The summed E-state index contributed by atoms with van der Waals surface area (Å²) in [7, 11) is 1.70. The third-order valence-electron chi connectivity index (χ3n) is 4.94. The number of likely N-dealkylation sites (tertiary alicyclic amines) is 1. The van der Waals surface area contributed by atoms with Crippen molar-refractivity contribution in [2.24, 2.45) is 23.7 Å². The summed E-state index contributed by atoms with van der Waals surface area (Å²) in [5, 5.41) is 0. The lowest BCUT2D eigenvalue weighted by Crippen LogP contribution is -2.46. The minimum absolute atomic E-state index is 0.0176. The standard InChI is InChI=1S/C17H33NO2/c1-8-14-9-15(11(2)3)18(10-14)17(19)16(12(4)5)13(6)20-7/h11-16H,8-10H2,1-7H3/t13?,14?,15-,16?/m0/s1. The first-order valence-corrected chi connectivity index (χ1v) is 8.16. The quantitative estimate of drug-likeness (QED) is 0.745. The van der Waals surface area contributed by atoms with Gasteiger partial charge in [-0.3, -0.25) is 4.79 Å². The monoisotopic (exact) mass is 283 g/mol. The third kappa shape index (κ3) is 3.75. The van der Waals surface area contributed by atoms with E-state index in [1.165, 1.54) is 6.42 Å². The first kappa shape index (κ1) is 17.5. The highest BCUT2D eigenvalue weighted by Crippen LogP contribution is 2.33. The van der Waals surface area contributed by atoms with Crippen LogP contribution in [0.4, 0.5) is 0 Å². The van der Waals surface area contributed by atoms with Crippen LogP contribution in [0.2, 0.25) is 0 Å². The number of hydrogen-bond donors (Lipinski definition) is 0. The number of rotatable bonds is 6. The number of carbonyl (C=O) groups is 1. The molecule has 0 radical (unpaired) electrons.